The zero-order chi connectivity index (χ0) is 11.3. The Kier molecular flexibility index (Phi) is 5.03. The summed E-state index contributed by atoms with van der Waals surface area (Å²) in [6.45, 7) is 11.9. The van der Waals surface area contributed by atoms with E-state index >= 15 is 0 Å². The van der Waals surface area contributed by atoms with Gasteiger partial charge in [0.05, 0.1) is 6.10 Å². The molecule has 0 spiro atoms. The van der Waals surface area contributed by atoms with Crippen LogP contribution in [0.4, 0.5) is 0 Å². The Morgan fingerprint density at radius 3 is 2.80 bits per heavy atom. The van der Waals surface area contributed by atoms with Crippen molar-refractivity contribution in [2.24, 2.45) is 5.41 Å². The molecule has 1 fully saturated rings. The van der Waals surface area contributed by atoms with Crippen LogP contribution in [0.1, 0.15) is 33.6 Å². The predicted molar refractivity (Wildman–Crippen MR) is 64.0 cm³/mol. The molecule has 2 N–H and O–H groups in total. The van der Waals surface area contributed by atoms with E-state index in [1.165, 1.54) is 0 Å². The Balaban J connectivity index is 2.31. The standard InChI is InChI=1S/C12H26N2O/c1-4-13-9-12(2,3)10-14-7-5-6-11(15)8-14/h11,13,15H,4-10H2,1-3H3. The van der Waals surface area contributed by atoms with Gasteiger partial charge in [0.15, 0.2) is 0 Å². The molecule has 1 aliphatic heterocycles. The summed E-state index contributed by atoms with van der Waals surface area (Å²) >= 11 is 0. The summed E-state index contributed by atoms with van der Waals surface area (Å²) < 4.78 is 0. The van der Waals surface area contributed by atoms with Gasteiger partial charge in [-0.2, -0.15) is 0 Å². The molecule has 90 valence electrons. The highest BCUT2D eigenvalue weighted by molar-refractivity contribution is 4.80. The molecule has 0 radical (unpaired) electrons. The Labute approximate surface area is 93.9 Å². The van der Waals surface area contributed by atoms with Crippen molar-refractivity contribution in [3.05, 3.63) is 0 Å². The van der Waals surface area contributed by atoms with Crippen LogP contribution in [-0.2, 0) is 0 Å². The van der Waals surface area contributed by atoms with E-state index in [0.717, 1.165) is 45.6 Å². The van der Waals surface area contributed by atoms with Crippen molar-refractivity contribution >= 4 is 0 Å². The monoisotopic (exact) mass is 214 g/mol. The molecule has 3 nitrogen and oxygen atoms in total. The molecule has 1 heterocycles. The van der Waals surface area contributed by atoms with E-state index in [1.807, 2.05) is 0 Å². The van der Waals surface area contributed by atoms with Gasteiger partial charge in [0.25, 0.3) is 0 Å². The summed E-state index contributed by atoms with van der Waals surface area (Å²) in [5.41, 5.74) is 0.299. The molecular weight excluding hydrogens is 188 g/mol. The van der Waals surface area contributed by atoms with Crippen molar-refractivity contribution in [3.8, 4) is 0 Å². The Morgan fingerprint density at radius 2 is 2.20 bits per heavy atom. The predicted octanol–water partition coefficient (Wildman–Crippen LogP) is 1.08. The Morgan fingerprint density at radius 1 is 1.47 bits per heavy atom. The number of piperidine rings is 1. The normalized spacial score (nSPS) is 24.4. The summed E-state index contributed by atoms with van der Waals surface area (Å²) in [6.07, 6.45) is 2.01. The number of nitrogens with zero attached hydrogens (tertiary/aromatic N) is 1. The van der Waals surface area contributed by atoms with Gasteiger partial charge >= 0.3 is 0 Å². The van der Waals surface area contributed by atoms with Gasteiger partial charge in [0.2, 0.25) is 0 Å². The number of aliphatic hydroxyl groups is 1. The minimum absolute atomic E-state index is 0.103. The molecule has 1 atom stereocenters. The van der Waals surface area contributed by atoms with E-state index in [2.05, 4.69) is 31.0 Å². The summed E-state index contributed by atoms with van der Waals surface area (Å²) in [6, 6.07) is 0. The molecule has 1 unspecified atom stereocenters. The molecular formula is C12H26N2O. The first-order chi connectivity index (χ1) is 7.03. The fraction of sp³-hybridized carbons (Fsp3) is 1.00. The first-order valence-electron chi connectivity index (χ1n) is 6.14. The van der Waals surface area contributed by atoms with Gasteiger partial charge in [0.1, 0.15) is 0 Å². The highest BCUT2D eigenvalue weighted by Crippen LogP contribution is 2.19. The lowest BCUT2D eigenvalue weighted by Gasteiger charge is -2.36. The molecule has 1 saturated heterocycles. The number of hydrogen-bond acceptors (Lipinski definition) is 3. The zero-order valence-corrected chi connectivity index (χ0v) is 10.4. The molecule has 0 bridgehead atoms. The molecule has 3 heteroatoms. The summed E-state index contributed by atoms with van der Waals surface area (Å²) in [4.78, 5) is 2.39. The quantitative estimate of drug-likeness (QED) is 0.719. The van der Waals surface area contributed by atoms with Gasteiger partial charge in [0, 0.05) is 19.6 Å². The van der Waals surface area contributed by atoms with Gasteiger partial charge in [-0.15, -0.1) is 0 Å². The third-order valence-electron chi connectivity index (χ3n) is 2.99. The first kappa shape index (κ1) is 12.9. The van der Waals surface area contributed by atoms with Crippen molar-refractivity contribution in [2.75, 3.05) is 32.7 Å². The summed E-state index contributed by atoms with van der Waals surface area (Å²) in [5.74, 6) is 0. The topological polar surface area (TPSA) is 35.5 Å². The van der Waals surface area contributed by atoms with Crippen molar-refractivity contribution in [3.63, 3.8) is 0 Å². The molecule has 1 aliphatic rings. The average molecular weight is 214 g/mol. The molecule has 0 saturated carbocycles. The number of likely N-dealkylation sites (tertiary alicyclic amines) is 1. The van der Waals surface area contributed by atoms with E-state index in [-0.39, 0.29) is 6.10 Å². The SMILES string of the molecule is CCNCC(C)(C)CN1CCCC(O)C1. The minimum atomic E-state index is -0.103. The average Bonchev–Trinajstić information content (AvgIpc) is 2.14. The number of hydrogen-bond donors (Lipinski definition) is 2. The number of nitrogens with one attached hydrogen (secondary N) is 1. The number of rotatable bonds is 5. The van der Waals surface area contributed by atoms with Gasteiger partial charge < -0.3 is 15.3 Å². The third-order valence-corrected chi connectivity index (χ3v) is 2.99. The minimum Gasteiger partial charge on any atom is -0.392 e. The number of β-amino-alcohol motifs (C(OH)–C–C–N with tert-alkyl or cyclic N) is 1. The molecule has 0 aliphatic carbocycles. The first-order valence-corrected chi connectivity index (χ1v) is 6.14. The van der Waals surface area contributed by atoms with Crippen LogP contribution in [0.3, 0.4) is 0 Å². The molecule has 1 rings (SSSR count). The fourth-order valence-corrected chi connectivity index (χ4v) is 2.30. The molecule has 0 aromatic carbocycles. The van der Waals surface area contributed by atoms with Crippen LogP contribution in [0.5, 0.6) is 0 Å². The highest BCUT2D eigenvalue weighted by Gasteiger charge is 2.24. The largest absolute Gasteiger partial charge is 0.392 e. The lowest BCUT2D eigenvalue weighted by atomic mass is 9.91. The lowest BCUT2D eigenvalue weighted by molar-refractivity contribution is 0.0503. The maximum absolute atomic E-state index is 9.60. The van der Waals surface area contributed by atoms with E-state index in [4.69, 9.17) is 0 Å². The van der Waals surface area contributed by atoms with Gasteiger partial charge in [-0.05, 0) is 31.3 Å². The van der Waals surface area contributed by atoms with Gasteiger partial charge in [-0.25, -0.2) is 0 Å². The van der Waals surface area contributed by atoms with Gasteiger partial charge in [-0.3, -0.25) is 0 Å². The van der Waals surface area contributed by atoms with Crippen LogP contribution in [0.15, 0.2) is 0 Å². The van der Waals surface area contributed by atoms with Crippen LogP contribution in [0.25, 0.3) is 0 Å². The molecule has 0 amide bonds. The third kappa shape index (κ3) is 4.96. The van der Waals surface area contributed by atoms with E-state index in [0.29, 0.717) is 5.41 Å². The smallest absolute Gasteiger partial charge is 0.0667 e. The van der Waals surface area contributed by atoms with Crippen LogP contribution >= 0.6 is 0 Å². The summed E-state index contributed by atoms with van der Waals surface area (Å²) in [7, 11) is 0. The van der Waals surface area contributed by atoms with Gasteiger partial charge in [-0.1, -0.05) is 20.8 Å². The van der Waals surface area contributed by atoms with Crippen LogP contribution in [0.2, 0.25) is 0 Å². The van der Waals surface area contributed by atoms with E-state index < -0.39 is 0 Å². The summed E-state index contributed by atoms with van der Waals surface area (Å²) in [5, 5.41) is 13.0. The van der Waals surface area contributed by atoms with E-state index in [9.17, 15) is 5.11 Å². The van der Waals surface area contributed by atoms with Crippen molar-refractivity contribution in [1.29, 1.82) is 0 Å². The fourth-order valence-electron chi connectivity index (χ4n) is 2.30. The highest BCUT2D eigenvalue weighted by atomic mass is 16.3. The van der Waals surface area contributed by atoms with Crippen molar-refractivity contribution in [1.82, 2.24) is 10.2 Å². The Hall–Kier alpha value is -0.120. The Bertz CT molecular complexity index is 182. The molecule has 0 aromatic heterocycles. The maximum atomic E-state index is 9.60. The second-order valence-corrected chi connectivity index (χ2v) is 5.48. The molecule has 0 aromatic rings. The second-order valence-electron chi connectivity index (χ2n) is 5.48. The second kappa shape index (κ2) is 5.83. The van der Waals surface area contributed by atoms with Crippen LogP contribution in [0, 0.1) is 5.41 Å². The van der Waals surface area contributed by atoms with Crippen molar-refractivity contribution < 1.29 is 5.11 Å². The molecule has 15 heavy (non-hydrogen) atoms. The maximum Gasteiger partial charge on any atom is 0.0667 e. The van der Waals surface area contributed by atoms with Crippen molar-refractivity contribution in [2.45, 2.75) is 39.7 Å². The van der Waals surface area contributed by atoms with Crippen LogP contribution in [-0.4, -0.2) is 48.8 Å². The van der Waals surface area contributed by atoms with E-state index in [1.54, 1.807) is 0 Å². The van der Waals surface area contributed by atoms with Crippen LogP contribution < -0.4 is 5.32 Å². The zero-order valence-electron chi connectivity index (χ0n) is 10.4. The lowest BCUT2D eigenvalue weighted by Crippen LogP contribution is -2.46. The number of aliphatic hydroxyl groups excluding tert-OH is 1.